The van der Waals surface area contributed by atoms with Crippen molar-refractivity contribution < 1.29 is 19.2 Å². The molecule has 2 rings (SSSR count). The lowest BCUT2D eigenvalue weighted by Gasteiger charge is -2.24. The quantitative estimate of drug-likeness (QED) is 0.672. The number of hydrogen-bond donors (Lipinski definition) is 1. The van der Waals surface area contributed by atoms with Crippen molar-refractivity contribution in [3.8, 4) is 0 Å². The average molecular weight is 268 g/mol. The first-order valence-electron chi connectivity index (χ1n) is 5.89. The number of nitro groups is 1. The van der Waals surface area contributed by atoms with E-state index in [1.807, 2.05) is 6.92 Å². The molecule has 1 aromatic rings. The smallest absolute Gasteiger partial charge is 0.342 e. The summed E-state index contributed by atoms with van der Waals surface area (Å²) in [7, 11) is 0. The minimum absolute atomic E-state index is 0.0950. The van der Waals surface area contributed by atoms with E-state index in [2.05, 4.69) is 0 Å². The van der Waals surface area contributed by atoms with E-state index in [1.165, 1.54) is 0 Å². The van der Waals surface area contributed by atoms with Gasteiger partial charge in [-0.05, 0) is 25.8 Å². The summed E-state index contributed by atoms with van der Waals surface area (Å²) < 4.78 is 13.9. The van der Waals surface area contributed by atoms with Crippen LogP contribution in [0, 0.1) is 15.9 Å². The second-order valence-electron chi connectivity index (χ2n) is 4.57. The van der Waals surface area contributed by atoms with Crippen molar-refractivity contribution in [2.75, 3.05) is 11.4 Å². The molecule has 1 aliphatic heterocycles. The molecule has 1 unspecified atom stereocenters. The van der Waals surface area contributed by atoms with Crippen molar-refractivity contribution in [1.82, 2.24) is 0 Å². The van der Waals surface area contributed by atoms with E-state index in [1.54, 1.807) is 4.90 Å². The van der Waals surface area contributed by atoms with Gasteiger partial charge in [-0.2, -0.15) is 0 Å². The van der Waals surface area contributed by atoms with Crippen LogP contribution in [0.2, 0.25) is 0 Å². The Hall–Kier alpha value is -2.18. The van der Waals surface area contributed by atoms with Crippen LogP contribution >= 0.6 is 0 Å². The Bertz CT molecular complexity index is 547. The van der Waals surface area contributed by atoms with Crippen LogP contribution in [0.5, 0.6) is 0 Å². The average Bonchev–Trinajstić information content (AvgIpc) is 2.74. The van der Waals surface area contributed by atoms with Crippen molar-refractivity contribution in [2.45, 2.75) is 25.8 Å². The van der Waals surface area contributed by atoms with Crippen molar-refractivity contribution in [3.05, 3.63) is 33.6 Å². The molecule has 0 bridgehead atoms. The number of carboxylic acids is 1. The number of carboxylic acid groups (broad SMARTS) is 1. The standard InChI is InChI=1S/C12H13FN2O4/c1-7-3-2-4-14(7)11-5-8(12(16)17)10(15(18)19)6-9(11)13/h5-7H,2-4H2,1H3,(H,16,17). The van der Waals surface area contributed by atoms with E-state index in [9.17, 15) is 19.3 Å². The predicted octanol–water partition coefficient (Wildman–Crippen LogP) is 2.42. The SMILES string of the molecule is CC1CCCN1c1cc(C(=O)O)c([N+](=O)[O-])cc1F. The largest absolute Gasteiger partial charge is 0.477 e. The Morgan fingerprint density at radius 1 is 1.58 bits per heavy atom. The van der Waals surface area contributed by atoms with Crippen LogP contribution in [-0.4, -0.2) is 28.6 Å². The zero-order chi connectivity index (χ0) is 14.2. The number of benzene rings is 1. The Morgan fingerprint density at radius 3 is 2.74 bits per heavy atom. The number of rotatable bonds is 3. The molecule has 0 spiro atoms. The van der Waals surface area contributed by atoms with E-state index >= 15 is 0 Å². The molecule has 0 radical (unpaired) electrons. The summed E-state index contributed by atoms with van der Waals surface area (Å²) in [6, 6.07) is 1.83. The molecule has 1 aliphatic rings. The highest BCUT2D eigenvalue weighted by atomic mass is 19.1. The Labute approximate surface area is 108 Å². The molecule has 0 amide bonds. The predicted molar refractivity (Wildman–Crippen MR) is 66.1 cm³/mol. The number of hydrogen-bond acceptors (Lipinski definition) is 4. The molecule has 1 aromatic carbocycles. The fourth-order valence-corrected chi connectivity index (χ4v) is 2.38. The van der Waals surface area contributed by atoms with Crippen LogP contribution in [0.3, 0.4) is 0 Å². The first-order valence-corrected chi connectivity index (χ1v) is 5.89. The van der Waals surface area contributed by atoms with Crippen molar-refractivity contribution in [3.63, 3.8) is 0 Å². The van der Waals surface area contributed by atoms with E-state index in [0.717, 1.165) is 18.9 Å². The van der Waals surface area contributed by atoms with Crippen LogP contribution in [0.15, 0.2) is 12.1 Å². The fourth-order valence-electron chi connectivity index (χ4n) is 2.38. The van der Waals surface area contributed by atoms with E-state index in [-0.39, 0.29) is 11.7 Å². The second kappa shape index (κ2) is 4.83. The number of carbonyl (C=O) groups is 1. The molecule has 1 saturated heterocycles. The highest BCUT2D eigenvalue weighted by molar-refractivity contribution is 5.93. The summed E-state index contributed by atoms with van der Waals surface area (Å²) in [5, 5.41) is 19.7. The zero-order valence-corrected chi connectivity index (χ0v) is 10.3. The lowest BCUT2D eigenvalue weighted by atomic mass is 10.1. The molecule has 19 heavy (non-hydrogen) atoms. The number of nitro benzene ring substituents is 1. The zero-order valence-electron chi connectivity index (χ0n) is 10.3. The van der Waals surface area contributed by atoms with Gasteiger partial charge in [0.1, 0.15) is 5.56 Å². The highest BCUT2D eigenvalue weighted by Gasteiger charge is 2.28. The molecule has 0 aromatic heterocycles. The molecule has 1 fully saturated rings. The summed E-state index contributed by atoms with van der Waals surface area (Å²) in [5.41, 5.74) is -1.09. The Morgan fingerprint density at radius 2 is 2.26 bits per heavy atom. The first-order chi connectivity index (χ1) is 8.91. The summed E-state index contributed by atoms with van der Waals surface area (Å²) in [6.07, 6.45) is 1.78. The molecule has 1 N–H and O–H groups in total. The van der Waals surface area contributed by atoms with Gasteiger partial charge in [-0.15, -0.1) is 0 Å². The van der Waals surface area contributed by atoms with Gasteiger partial charge >= 0.3 is 5.97 Å². The van der Waals surface area contributed by atoms with Gasteiger partial charge in [0.2, 0.25) is 0 Å². The van der Waals surface area contributed by atoms with Crippen LogP contribution < -0.4 is 4.90 Å². The van der Waals surface area contributed by atoms with Crippen molar-refractivity contribution >= 4 is 17.3 Å². The topological polar surface area (TPSA) is 83.7 Å². The lowest BCUT2D eigenvalue weighted by molar-refractivity contribution is -0.385. The summed E-state index contributed by atoms with van der Waals surface area (Å²) >= 11 is 0. The normalized spacial score (nSPS) is 18.6. The van der Waals surface area contributed by atoms with Gasteiger partial charge in [-0.3, -0.25) is 10.1 Å². The molecule has 6 nitrogen and oxygen atoms in total. The second-order valence-corrected chi connectivity index (χ2v) is 4.57. The van der Waals surface area contributed by atoms with Crippen LogP contribution in [-0.2, 0) is 0 Å². The number of halogens is 1. The van der Waals surface area contributed by atoms with Gasteiger partial charge in [-0.1, -0.05) is 0 Å². The van der Waals surface area contributed by atoms with E-state index in [0.29, 0.717) is 12.6 Å². The van der Waals surface area contributed by atoms with Gasteiger partial charge in [0.05, 0.1) is 16.7 Å². The molecule has 102 valence electrons. The van der Waals surface area contributed by atoms with Crippen LogP contribution in [0.4, 0.5) is 15.8 Å². The van der Waals surface area contributed by atoms with Gasteiger partial charge in [-0.25, -0.2) is 9.18 Å². The molecule has 0 aliphatic carbocycles. The molecule has 1 atom stereocenters. The number of anilines is 1. The van der Waals surface area contributed by atoms with Crippen LogP contribution in [0.25, 0.3) is 0 Å². The minimum Gasteiger partial charge on any atom is -0.477 e. The maximum atomic E-state index is 13.9. The molecular weight excluding hydrogens is 255 g/mol. The fraction of sp³-hybridized carbons (Fsp3) is 0.417. The third-order valence-electron chi connectivity index (χ3n) is 3.35. The minimum atomic E-state index is -1.43. The maximum absolute atomic E-state index is 13.9. The molecule has 7 heteroatoms. The highest BCUT2D eigenvalue weighted by Crippen LogP contribution is 2.32. The first kappa shape index (κ1) is 13.3. The van der Waals surface area contributed by atoms with E-state index in [4.69, 9.17) is 5.11 Å². The maximum Gasteiger partial charge on any atom is 0.342 e. The summed E-state index contributed by atoms with van der Waals surface area (Å²) in [5.74, 6) is -2.19. The van der Waals surface area contributed by atoms with E-state index < -0.39 is 28.0 Å². The van der Waals surface area contributed by atoms with Gasteiger partial charge in [0.15, 0.2) is 5.82 Å². The lowest BCUT2D eigenvalue weighted by Crippen LogP contribution is -2.27. The summed E-state index contributed by atoms with van der Waals surface area (Å²) in [4.78, 5) is 22.6. The number of aromatic carboxylic acids is 1. The Balaban J connectivity index is 2.54. The van der Waals surface area contributed by atoms with Crippen molar-refractivity contribution in [2.24, 2.45) is 0 Å². The monoisotopic (exact) mass is 268 g/mol. The summed E-state index contributed by atoms with van der Waals surface area (Å²) in [6.45, 7) is 2.53. The Kier molecular flexibility index (Phi) is 3.37. The third-order valence-corrected chi connectivity index (χ3v) is 3.35. The van der Waals surface area contributed by atoms with Gasteiger partial charge < -0.3 is 10.0 Å². The molecule has 0 saturated carbocycles. The van der Waals surface area contributed by atoms with Crippen molar-refractivity contribution in [1.29, 1.82) is 0 Å². The van der Waals surface area contributed by atoms with Gasteiger partial charge in [0.25, 0.3) is 5.69 Å². The number of nitrogens with zero attached hydrogens (tertiary/aromatic N) is 2. The molecular formula is C12H13FN2O4. The molecule has 1 heterocycles. The third kappa shape index (κ3) is 2.35. The van der Waals surface area contributed by atoms with Crippen LogP contribution in [0.1, 0.15) is 30.1 Å². The van der Waals surface area contributed by atoms with Gasteiger partial charge in [0, 0.05) is 12.6 Å².